The van der Waals surface area contributed by atoms with Crippen LogP contribution in [0.2, 0.25) is 0 Å². The molecule has 220 valence electrons. The van der Waals surface area contributed by atoms with Gasteiger partial charge in [-0.15, -0.1) is 0 Å². The number of rotatable bonds is 8. The van der Waals surface area contributed by atoms with E-state index in [0.717, 1.165) is 27.6 Å². The Labute approximate surface area is 248 Å². The fraction of sp³-hybridized carbons (Fsp3) is 0.229. The van der Waals surface area contributed by atoms with Crippen molar-refractivity contribution < 1.29 is 33.9 Å². The minimum absolute atomic E-state index is 0.157. The van der Waals surface area contributed by atoms with Gasteiger partial charge in [0.25, 0.3) is 0 Å². The van der Waals surface area contributed by atoms with E-state index in [1.165, 1.54) is 12.1 Å². The summed E-state index contributed by atoms with van der Waals surface area (Å²) in [5.41, 5.74) is 2.06. The smallest absolute Gasteiger partial charge is 0.336 e. The van der Waals surface area contributed by atoms with E-state index >= 15 is 0 Å². The average molecular weight is 581 g/mol. The summed E-state index contributed by atoms with van der Waals surface area (Å²) in [6.45, 7) is 1.64. The molecular formula is C35H32O8. The number of ether oxygens (including phenoxy) is 3. The highest BCUT2D eigenvalue weighted by atomic mass is 16.7. The first-order chi connectivity index (χ1) is 20.9. The molecule has 8 nitrogen and oxygen atoms in total. The van der Waals surface area contributed by atoms with E-state index in [2.05, 4.69) is 0 Å². The van der Waals surface area contributed by atoms with E-state index in [1.54, 1.807) is 19.1 Å². The Morgan fingerprint density at radius 2 is 1.28 bits per heavy atom. The Morgan fingerprint density at radius 1 is 0.721 bits per heavy atom. The van der Waals surface area contributed by atoms with Crippen molar-refractivity contribution >= 4 is 11.0 Å². The Morgan fingerprint density at radius 3 is 1.84 bits per heavy atom. The number of aliphatic hydroxyl groups is 3. The van der Waals surface area contributed by atoms with E-state index in [4.69, 9.17) is 18.6 Å². The van der Waals surface area contributed by atoms with Crippen LogP contribution in [0.15, 0.2) is 124 Å². The molecule has 0 spiro atoms. The summed E-state index contributed by atoms with van der Waals surface area (Å²) in [7, 11) is 0. The lowest BCUT2D eigenvalue weighted by Crippen LogP contribution is -2.60. The van der Waals surface area contributed by atoms with Crippen molar-refractivity contribution in [3.05, 3.63) is 148 Å². The lowest BCUT2D eigenvalue weighted by molar-refractivity contribution is -0.283. The second-order valence-corrected chi connectivity index (χ2v) is 10.6. The monoisotopic (exact) mass is 580 g/mol. The topological polar surface area (TPSA) is 119 Å². The van der Waals surface area contributed by atoms with Crippen LogP contribution in [0.4, 0.5) is 0 Å². The molecule has 1 aliphatic heterocycles. The van der Waals surface area contributed by atoms with E-state index < -0.39 is 41.9 Å². The minimum atomic E-state index is -1.58. The molecule has 1 aromatic heterocycles. The Bertz CT molecular complexity index is 1620. The summed E-state index contributed by atoms with van der Waals surface area (Å²) in [5.74, 6) is 0.251. The molecule has 0 radical (unpaired) electrons. The maximum atomic E-state index is 11.9. The summed E-state index contributed by atoms with van der Waals surface area (Å²) in [5, 5.41) is 33.3. The van der Waals surface area contributed by atoms with Gasteiger partial charge in [0.05, 0.1) is 6.61 Å². The van der Waals surface area contributed by atoms with Crippen LogP contribution in [-0.2, 0) is 15.1 Å². The van der Waals surface area contributed by atoms with Crippen LogP contribution >= 0.6 is 0 Å². The predicted octanol–water partition coefficient (Wildman–Crippen LogP) is 4.30. The Balaban J connectivity index is 1.32. The molecule has 5 atom stereocenters. The van der Waals surface area contributed by atoms with E-state index in [9.17, 15) is 20.1 Å². The average Bonchev–Trinajstić information content (AvgIpc) is 3.03. The van der Waals surface area contributed by atoms with Gasteiger partial charge >= 0.3 is 5.63 Å². The molecule has 43 heavy (non-hydrogen) atoms. The van der Waals surface area contributed by atoms with Crippen LogP contribution in [0.5, 0.6) is 5.75 Å². The van der Waals surface area contributed by atoms with Crippen LogP contribution in [-0.4, -0.2) is 52.6 Å². The second kappa shape index (κ2) is 12.1. The van der Waals surface area contributed by atoms with E-state index in [0.29, 0.717) is 5.58 Å². The van der Waals surface area contributed by atoms with Crippen LogP contribution < -0.4 is 10.4 Å². The fourth-order valence-corrected chi connectivity index (χ4v) is 5.64. The molecule has 8 heteroatoms. The van der Waals surface area contributed by atoms with E-state index in [-0.39, 0.29) is 12.4 Å². The van der Waals surface area contributed by atoms with Gasteiger partial charge in [-0.25, -0.2) is 4.79 Å². The van der Waals surface area contributed by atoms with Gasteiger partial charge in [-0.05, 0) is 41.3 Å². The molecule has 0 bridgehead atoms. The highest BCUT2D eigenvalue weighted by Gasteiger charge is 2.47. The molecule has 3 N–H and O–H groups in total. The summed E-state index contributed by atoms with van der Waals surface area (Å²) < 4.78 is 24.1. The van der Waals surface area contributed by atoms with Crippen molar-refractivity contribution in [1.29, 1.82) is 0 Å². The molecular weight excluding hydrogens is 548 g/mol. The fourth-order valence-electron chi connectivity index (χ4n) is 5.64. The molecule has 5 aromatic rings. The van der Waals surface area contributed by atoms with Crippen LogP contribution in [0.1, 0.15) is 22.3 Å². The number of benzene rings is 4. The number of aliphatic hydroxyl groups excluding tert-OH is 3. The molecule has 2 unspecified atom stereocenters. The third-order valence-corrected chi connectivity index (χ3v) is 7.85. The summed E-state index contributed by atoms with van der Waals surface area (Å²) in [6.07, 6.45) is -7.02. The second-order valence-electron chi connectivity index (χ2n) is 10.6. The highest BCUT2D eigenvalue weighted by Crippen LogP contribution is 2.41. The molecule has 1 fully saturated rings. The van der Waals surface area contributed by atoms with Gasteiger partial charge in [-0.3, -0.25) is 0 Å². The van der Waals surface area contributed by atoms with Gasteiger partial charge in [-0.1, -0.05) is 91.0 Å². The van der Waals surface area contributed by atoms with Crippen molar-refractivity contribution in [2.75, 3.05) is 6.61 Å². The molecule has 1 aliphatic rings. The third-order valence-electron chi connectivity index (χ3n) is 7.85. The van der Waals surface area contributed by atoms with Crippen molar-refractivity contribution in [1.82, 2.24) is 0 Å². The summed E-state index contributed by atoms with van der Waals surface area (Å²) >= 11 is 0. The van der Waals surface area contributed by atoms with Gasteiger partial charge in [0.15, 0.2) is 0 Å². The van der Waals surface area contributed by atoms with Gasteiger partial charge in [0, 0.05) is 17.5 Å². The zero-order valence-electron chi connectivity index (χ0n) is 23.4. The van der Waals surface area contributed by atoms with Gasteiger partial charge in [0.1, 0.15) is 41.3 Å². The summed E-state index contributed by atoms with van der Waals surface area (Å²) in [4.78, 5) is 11.9. The minimum Gasteiger partial charge on any atom is -0.462 e. The molecule has 6 rings (SSSR count). The Kier molecular flexibility index (Phi) is 8.12. The van der Waals surface area contributed by atoms with Crippen molar-refractivity contribution in [2.45, 2.75) is 43.2 Å². The lowest BCUT2D eigenvalue weighted by Gasteiger charge is -2.42. The zero-order valence-corrected chi connectivity index (χ0v) is 23.4. The Hall–Kier alpha value is -4.31. The largest absolute Gasteiger partial charge is 0.462 e. The SMILES string of the molecule is Cc1cc(=O)oc2cc(O[C@@H]3OC(COC(c4ccccc4)(c4ccccc4)c4ccccc4)[C@@H](O)[C@H](O)C3O)ccc12. The number of hydrogen-bond donors (Lipinski definition) is 3. The normalized spacial score (nSPS) is 22.4. The molecule has 0 amide bonds. The van der Waals surface area contributed by atoms with E-state index in [1.807, 2.05) is 91.0 Å². The summed E-state index contributed by atoms with van der Waals surface area (Å²) in [6, 6.07) is 35.5. The first kappa shape index (κ1) is 28.8. The highest BCUT2D eigenvalue weighted by molar-refractivity contribution is 5.81. The third kappa shape index (κ3) is 5.59. The van der Waals surface area contributed by atoms with Gasteiger partial charge in [0.2, 0.25) is 6.29 Å². The molecule has 1 saturated heterocycles. The maximum absolute atomic E-state index is 11.9. The van der Waals surface area contributed by atoms with Crippen molar-refractivity contribution in [3.63, 3.8) is 0 Å². The van der Waals surface area contributed by atoms with Gasteiger partial charge in [-0.2, -0.15) is 0 Å². The predicted molar refractivity (Wildman–Crippen MR) is 160 cm³/mol. The molecule has 0 aliphatic carbocycles. The first-order valence-electron chi connectivity index (χ1n) is 14.1. The number of aryl methyl sites for hydroxylation is 1. The maximum Gasteiger partial charge on any atom is 0.336 e. The zero-order chi connectivity index (χ0) is 30.0. The van der Waals surface area contributed by atoms with Crippen LogP contribution in [0.25, 0.3) is 11.0 Å². The quantitative estimate of drug-likeness (QED) is 0.184. The van der Waals surface area contributed by atoms with Crippen LogP contribution in [0.3, 0.4) is 0 Å². The molecule has 0 saturated carbocycles. The number of hydrogen-bond acceptors (Lipinski definition) is 8. The van der Waals surface area contributed by atoms with Crippen molar-refractivity contribution in [2.24, 2.45) is 0 Å². The first-order valence-corrected chi connectivity index (χ1v) is 14.1. The van der Waals surface area contributed by atoms with Crippen molar-refractivity contribution in [3.8, 4) is 5.75 Å². The van der Waals surface area contributed by atoms with Gasteiger partial charge < -0.3 is 33.9 Å². The standard InChI is InChI=1S/C35H32O8/c1-22-19-30(36)42-28-20-26(17-18-27(22)28)41-34-33(39)32(38)31(37)29(43-34)21-40-35(23-11-5-2-6-12-23,24-13-7-3-8-14-24)25-15-9-4-10-16-25/h2-20,29,31-34,37-39H,21H2,1H3/t29?,31-,32+,33?,34-/m1/s1. The number of fused-ring (bicyclic) bond motifs is 1. The molecule has 2 heterocycles. The van der Waals surface area contributed by atoms with Crippen LogP contribution in [0, 0.1) is 6.92 Å². The lowest BCUT2D eigenvalue weighted by atomic mass is 9.80. The molecule has 4 aromatic carbocycles.